The number of alkyl halides is 2. The largest absolute Gasteiger partial charge is 0.458 e. The molecular weight excluding hydrogens is 330 g/mol. The Morgan fingerprint density at radius 1 is 1.13 bits per heavy atom. The lowest BCUT2D eigenvalue weighted by Crippen LogP contribution is -2.37. The van der Waals surface area contributed by atoms with E-state index in [1.165, 1.54) is 19.3 Å². The summed E-state index contributed by atoms with van der Waals surface area (Å²) in [5.74, 6) is 3.14. The van der Waals surface area contributed by atoms with Crippen LogP contribution in [0.25, 0.3) is 0 Å². The number of rotatable bonds is 6. The molecule has 0 aromatic rings. The number of carbonyl (C=O) groups excluding carboxylic acids is 1. The Kier molecular flexibility index (Phi) is 4.06. The third-order valence-electron chi connectivity index (χ3n) is 6.61. The zero-order valence-corrected chi connectivity index (χ0v) is 13.3. The Balaban J connectivity index is 1.34. The molecule has 23 heavy (non-hydrogen) atoms. The lowest BCUT2D eigenvalue weighted by molar-refractivity contribution is -0.433. The molecule has 0 saturated heterocycles. The maximum absolute atomic E-state index is 13.4. The van der Waals surface area contributed by atoms with Gasteiger partial charge in [0.15, 0.2) is 6.61 Å². The fourth-order valence-corrected chi connectivity index (χ4v) is 6.42. The summed E-state index contributed by atoms with van der Waals surface area (Å²) >= 11 is -0.379. The van der Waals surface area contributed by atoms with Crippen molar-refractivity contribution in [2.45, 2.75) is 37.4 Å². The molecule has 5 nitrogen and oxygen atoms in total. The Morgan fingerprint density at radius 3 is 2.61 bits per heavy atom. The Labute approximate surface area is 137 Å². The molecule has 0 amide bonds. The van der Waals surface area contributed by atoms with Crippen LogP contribution in [0.15, 0.2) is 0 Å². The normalized spacial score (nSPS) is 43.9. The molecule has 0 radical (unpaired) electrons. The highest BCUT2D eigenvalue weighted by atomic mass is 32.2. The molecule has 7 atom stereocenters. The van der Waals surface area contributed by atoms with Crippen molar-refractivity contribution in [2.24, 2.45) is 41.4 Å². The molecule has 130 valence electrons. The van der Waals surface area contributed by atoms with Crippen LogP contribution in [0.5, 0.6) is 0 Å². The summed E-state index contributed by atoms with van der Waals surface area (Å²) in [5.41, 5.74) is 0. The SMILES string of the molecule is O=C(OCC(F)(F)SOOO)C1CC2CC1C1C3CCC(C3)C21. The lowest BCUT2D eigenvalue weighted by Gasteiger charge is -2.37. The Bertz CT molecular complexity index is 490. The molecule has 0 aromatic heterocycles. The van der Waals surface area contributed by atoms with Gasteiger partial charge in [0.25, 0.3) is 0 Å². The molecule has 8 heteroatoms. The van der Waals surface area contributed by atoms with Crippen molar-refractivity contribution in [2.75, 3.05) is 6.61 Å². The quantitative estimate of drug-likeness (QED) is 0.260. The topological polar surface area (TPSA) is 65.0 Å². The summed E-state index contributed by atoms with van der Waals surface area (Å²) < 4.78 is 35.3. The van der Waals surface area contributed by atoms with E-state index < -0.39 is 17.8 Å². The van der Waals surface area contributed by atoms with Gasteiger partial charge in [0, 0.05) is 0 Å². The van der Waals surface area contributed by atoms with Gasteiger partial charge in [-0.15, -0.1) is 4.33 Å². The molecule has 0 aromatic carbocycles. The fourth-order valence-electron chi connectivity index (χ4n) is 6.19. The first-order chi connectivity index (χ1) is 11.0. The number of esters is 1. The standard InChI is InChI=1S/C15H20F2O5S/c16-15(17,23-22-21-19)6-20-14(18)11-5-9-4-10(11)13-8-2-1-7(3-8)12(9)13/h7-13,19H,1-6H2. The van der Waals surface area contributed by atoms with Crippen LogP contribution >= 0.6 is 12.0 Å². The minimum Gasteiger partial charge on any atom is -0.458 e. The van der Waals surface area contributed by atoms with Crippen molar-refractivity contribution in [3.8, 4) is 0 Å². The van der Waals surface area contributed by atoms with Crippen LogP contribution < -0.4 is 0 Å². The van der Waals surface area contributed by atoms with E-state index in [-0.39, 0.29) is 18.0 Å². The number of ether oxygens (including phenoxy) is 1. The summed E-state index contributed by atoms with van der Waals surface area (Å²) in [4.78, 5) is 12.3. The predicted octanol–water partition coefficient (Wildman–Crippen LogP) is 3.51. The van der Waals surface area contributed by atoms with Gasteiger partial charge in [-0.05, 0) is 67.6 Å². The maximum atomic E-state index is 13.4. The third-order valence-corrected chi connectivity index (χ3v) is 7.10. The first kappa shape index (κ1) is 16.1. The molecular formula is C15H20F2O5S. The predicted molar refractivity (Wildman–Crippen MR) is 75.8 cm³/mol. The number of hydrogen-bond donors (Lipinski definition) is 1. The number of hydrogen-bond acceptors (Lipinski definition) is 6. The van der Waals surface area contributed by atoms with Crippen LogP contribution in [-0.4, -0.2) is 23.1 Å². The van der Waals surface area contributed by atoms with E-state index >= 15 is 0 Å². The first-order valence-electron chi connectivity index (χ1n) is 8.20. The average molecular weight is 350 g/mol. The van der Waals surface area contributed by atoms with Crippen LogP contribution in [0.3, 0.4) is 0 Å². The van der Waals surface area contributed by atoms with Gasteiger partial charge in [-0.25, -0.2) is 5.26 Å². The molecule has 0 aliphatic heterocycles. The van der Waals surface area contributed by atoms with E-state index in [9.17, 15) is 13.6 Å². The molecule has 0 spiro atoms. The van der Waals surface area contributed by atoms with Crippen molar-refractivity contribution < 1.29 is 32.9 Å². The highest BCUT2D eigenvalue weighted by molar-refractivity contribution is 7.95. The van der Waals surface area contributed by atoms with Crippen molar-refractivity contribution in [1.29, 1.82) is 0 Å². The van der Waals surface area contributed by atoms with Crippen molar-refractivity contribution in [3.63, 3.8) is 0 Å². The minimum absolute atomic E-state index is 0.226. The van der Waals surface area contributed by atoms with E-state index in [1.54, 1.807) is 0 Å². The van der Waals surface area contributed by atoms with Gasteiger partial charge in [0.05, 0.1) is 5.92 Å². The summed E-state index contributed by atoms with van der Waals surface area (Å²) in [6, 6.07) is 0. The van der Waals surface area contributed by atoms with Crippen LogP contribution in [-0.2, 0) is 18.9 Å². The van der Waals surface area contributed by atoms with Gasteiger partial charge in [-0.3, -0.25) is 4.79 Å². The number of fused-ring (bicyclic) bond motifs is 9. The molecule has 1 N–H and O–H groups in total. The number of carbonyl (C=O) groups is 1. The highest BCUT2D eigenvalue weighted by Gasteiger charge is 2.63. The third kappa shape index (κ3) is 2.67. The summed E-state index contributed by atoms with van der Waals surface area (Å²) in [5, 5.41) is 7.59. The van der Waals surface area contributed by atoms with Gasteiger partial charge in [0.1, 0.15) is 12.0 Å². The van der Waals surface area contributed by atoms with E-state index in [0.717, 1.165) is 30.6 Å². The Morgan fingerprint density at radius 2 is 1.87 bits per heavy atom. The summed E-state index contributed by atoms with van der Waals surface area (Å²) in [6.07, 6.45) is 5.76. The molecule has 4 saturated carbocycles. The van der Waals surface area contributed by atoms with Gasteiger partial charge >= 0.3 is 11.2 Å². The summed E-state index contributed by atoms with van der Waals surface area (Å²) in [6.45, 7) is -1.08. The van der Waals surface area contributed by atoms with E-state index in [1.807, 2.05) is 0 Å². The second-order valence-electron chi connectivity index (χ2n) is 7.46. The molecule has 4 aliphatic rings. The van der Waals surface area contributed by atoms with Crippen molar-refractivity contribution in [3.05, 3.63) is 0 Å². The zero-order valence-electron chi connectivity index (χ0n) is 12.5. The smallest absolute Gasteiger partial charge is 0.354 e. The van der Waals surface area contributed by atoms with Gasteiger partial charge in [-0.2, -0.15) is 8.78 Å². The van der Waals surface area contributed by atoms with Crippen LogP contribution in [0.2, 0.25) is 0 Å². The molecule has 4 rings (SSSR count). The molecule has 4 aliphatic carbocycles. The van der Waals surface area contributed by atoms with E-state index in [4.69, 9.17) is 9.99 Å². The van der Waals surface area contributed by atoms with Crippen LogP contribution in [0.4, 0.5) is 8.78 Å². The van der Waals surface area contributed by atoms with Crippen molar-refractivity contribution >= 4 is 18.0 Å². The minimum atomic E-state index is -3.45. The second kappa shape index (κ2) is 5.82. The molecule has 7 unspecified atom stereocenters. The monoisotopic (exact) mass is 350 g/mol. The zero-order chi connectivity index (χ0) is 16.2. The molecule has 0 heterocycles. The molecule has 4 bridgehead atoms. The van der Waals surface area contributed by atoms with Crippen LogP contribution in [0, 0.1) is 41.4 Å². The first-order valence-corrected chi connectivity index (χ1v) is 8.94. The number of halogens is 2. The van der Waals surface area contributed by atoms with E-state index in [0.29, 0.717) is 17.8 Å². The molecule has 4 fully saturated rings. The summed E-state index contributed by atoms with van der Waals surface area (Å²) in [7, 11) is 0. The van der Waals surface area contributed by atoms with Crippen molar-refractivity contribution in [1.82, 2.24) is 0 Å². The van der Waals surface area contributed by atoms with E-state index in [2.05, 4.69) is 9.37 Å². The fraction of sp³-hybridized carbons (Fsp3) is 0.933. The van der Waals surface area contributed by atoms with Gasteiger partial charge in [-0.1, -0.05) is 5.04 Å². The maximum Gasteiger partial charge on any atom is 0.354 e. The lowest BCUT2D eigenvalue weighted by atomic mass is 9.67. The highest BCUT2D eigenvalue weighted by Crippen LogP contribution is 2.68. The van der Waals surface area contributed by atoms with Crippen LogP contribution in [0.1, 0.15) is 32.1 Å². The van der Waals surface area contributed by atoms with Gasteiger partial charge < -0.3 is 4.74 Å². The van der Waals surface area contributed by atoms with Gasteiger partial charge in [0.2, 0.25) is 0 Å². The Hall–Kier alpha value is -0.440. The second-order valence-corrected chi connectivity index (χ2v) is 8.36. The average Bonchev–Trinajstić information content (AvgIpc) is 3.28.